The molecule has 0 radical (unpaired) electrons. The zero-order valence-electron chi connectivity index (χ0n) is 8.28. The van der Waals surface area contributed by atoms with Gasteiger partial charge in [-0.1, -0.05) is 0 Å². The highest BCUT2D eigenvalue weighted by Crippen LogP contribution is 2.28. The number of aromatic nitrogens is 1. The summed E-state index contributed by atoms with van der Waals surface area (Å²) in [4.78, 5) is 13.2. The van der Waals surface area contributed by atoms with E-state index in [0.29, 0.717) is 0 Å². The van der Waals surface area contributed by atoms with Gasteiger partial charge in [-0.2, -0.15) is 5.26 Å². The molecule has 0 aliphatic rings. The summed E-state index contributed by atoms with van der Waals surface area (Å²) >= 11 is 0. The first-order chi connectivity index (χ1) is 7.49. The lowest BCUT2D eigenvalue weighted by atomic mass is 10.0. The molecule has 5 nitrogen and oxygen atoms in total. The van der Waals surface area contributed by atoms with E-state index < -0.39 is 22.7 Å². The van der Waals surface area contributed by atoms with Crippen LogP contribution >= 0.6 is 0 Å². The molecule has 0 fully saturated rings. The molecule has 7 heteroatoms. The van der Waals surface area contributed by atoms with Crippen LogP contribution in [0.25, 0.3) is 0 Å². The Morgan fingerprint density at radius 1 is 1.69 bits per heavy atom. The van der Waals surface area contributed by atoms with Crippen LogP contribution in [-0.4, -0.2) is 9.91 Å². The number of nitrogens with zero attached hydrogens (tertiary/aromatic N) is 3. The predicted octanol–water partition coefficient (Wildman–Crippen LogP) is 2.30. The van der Waals surface area contributed by atoms with Crippen molar-refractivity contribution in [1.29, 1.82) is 5.26 Å². The summed E-state index contributed by atoms with van der Waals surface area (Å²) in [5.74, 6) is 0. The Balaban J connectivity index is 3.42. The van der Waals surface area contributed by atoms with Gasteiger partial charge in [0, 0.05) is 0 Å². The van der Waals surface area contributed by atoms with Crippen LogP contribution in [-0.2, 0) is 6.42 Å². The summed E-state index contributed by atoms with van der Waals surface area (Å²) in [6, 6.07) is 1.71. The van der Waals surface area contributed by atoms with Crippen LogP contribution in [0.15, 0.2) is 6.20 Å². The van der Waals surface area contributed by atoms with Gasteiger partial charge in [-0.25, -0.2) is 13.8 Å². The van der Waals surface area contributed by atoms with Crippen molar-refractivity contribution in [2.75, 3.05) is 0 Å². The van der Waals surface area contributed by atoms with Gasteiger partial charge in [-0.05, 0) is 12.5 Å². The molecule has 0 bridgehead atoms. The number of alkyl halides is 2. The lowest BCUT2D eigenvalue weighted by Gasteiger charge is -2.07. The molecule has 0 spiro atoms. The fraction of sp³-hybridized carbons (Fsp3) is 0.333. The molecule has 0 unspecified atom stereocenters. The fourth-order valence-electron chi connectivity index (χ4n) is 1.33. The molecule has 84 valence electrons. The smallest absolute Gasteiger partial charge is 0.258 e. The van der Waals surface area contributed by atoms with Gasteiger partial charge >= 0.3 is 0 Å². The van der Waals surface area contributed by atoms with Crippen molar-refractivity contribution in [3.63, 3.8) is 0 Å². The standard InChI is InChI=1S/C9H7F2N3O2/c1-5-6(2-3-12)7(14(15)16)4-13-8(5)9(10)11/h4,9H,2H2,1H3. The van der Waals surface area contributed by atoms with E-state index in [1.54, 1.807) is 6.07 Å². The van der Waals surface area contributed by atoms with Gasteiger partial charge in [-0.3, -0.25) is 10.1 Å². The van der Waals surface area contributed by atoms with Gasteiger partial charge in [-0.15, -0.1) is 0 Å². The summed E-state index contributed by atoms with van der Waals surface area (Å²) < 4.78 is 24.9. The molecular weight excluding hydrogens is 220 g/mol. The molecule has 0 atom stereocenters. The van der Waals surface area contributed by atoms with Crippen molar-refractivity contribution in [3.05, 3.63) is 33.1 Å². The van der Waals surface area contributed by atoms with E-state index in [9.17, 15) is 18.9 Å². The highest BCUT2D eigenvalue weighted by molar-refractivity contribution is 5.46. The Morgan fingerprint density at radius 2 is 2.31 bits per heavy atom. The first-order valence-corrected chi connectivity index (χ1v) is 4.27. The first-order valence-electron chi connectivity index (χ1n) is 4.27. The maximum Gasteiger partial charge on any atom is 0.292 e. The van der Waals surface area contributed by atoms with Gasteiger partial charge in [0.15, 0.2) is 0 Å². The van der Waals surface area contributed by atoms with Crippen LogP contribution < -0.4 is 0 Å². The molecule has 1 aromatic heterocycles. The van der Waals surface area contributed by atoms with Crippen molar-refractivity contribution in [3.8, 4) is 6.07 Å². The van der Waals surface area contributed by atoms with Crippen LogP contribution in [0.2, 0.25) is 0 Å². The lowest BCUT2D eigenvalue weighted by molar-refractivity contribution is -0.385. The minimum absolute atomic E-state index is 0.00204. The van der Waals surface area contributed by atoms with E-state index in [2.05, 4.69) is 4.98 Å². The van der Waals surface area contributed by atoms with Crippen LogP contribution in [0.3, 0.4) is 0 Å². The Morgan fingerprint density at radius 3 is 2.75 bits per heavy atom. The number of nitriles is 1. The highest BCUT2D eigenvalue weighted by atomic mass is 19.3. The molecule has 1 rings (SSSR count). The number of halogens is 2. The largest absolute Gasteiger partial charge is 0.292 e. The minimum Gasteiger partial charge on any atom is -0.258 e. The van der Waals surface area contributed by atoms with E-state index >= 15 is 0 Å². The van der Waals surface area contributed by atoms with Gasteiger partial charge in [0.1, 0.15) is 11.9 Å². The Bertz CT molecular complexity index is 469. The first kappa shape index (κ1) is 12.0. The molecular formula is C9H7F2N3O2. The average molecular weight is 227 g/mol. The maximum atomic E-state index is 12.5. The zero-order valence-corrected chi connectivity index (χ0v) is 8.28. The van der Waals surface area contributed by atoms with Crippen LogP contribution in [0.5, 0.6) is 0 Å². The molecule has 0 amide bonds. The molecule has 1 aromatic rings. The third-order valence-corrected chi connectivity index (χ3v) is 2.13. The molecule has 0 aliphatic carbocycles. The van der Waals surface area contributed by atoms with E-state index in [4.69, 9.17) is 5.26 Å². The van der Waals surface area contributed by atoms with Crippen molar-refractivity contribution >= 4 is 5.69 Å². The normalized spacial score (nSPS) is 10.2. The quantitative estimate of drug-likeness (QED) is 0.586. The number of rotatable bonds is 3. The van der Waals surface area contributed by atoms with Crippen LogP contribution in [0.4, 0.5) is 14.5 Å². The molecule has 1 heterocycles. The Kier molecular flexibility index (Phi) is 3.45. The summed E-state index contributed by atoms with van der Waals surface area (Å²) in [5.41, 5.74) is -0.914. The van der Waals surface area contributed by atoms with E-state index in [0.717, 1.165) is 6.20 Å². The van der Waals surface area contributed by atoms with Gasteiger partial charge in [0.05, 0.1) is 23.0 Å². The number of pyridine rings is 1. The van der Waals surface area contributed by atoms with Crippen molar-refractivity contribution in [2.24, 2.45) is 0 Å². The van der Waals surface area contributed by atoms with Gasteiger partial charge < -0.3 is 0 Å². The Labute approximate surface area is 89.5 Å². The fourth-order valence-corrected chi connectivity index (χ4v) is 1.33. The third-order valence-electron chi connectivity index (χ3n) is 2.13. The summed E-state index contributed by atoms with van der Waals surface area (Å²) in [6.07, 6.45) is -2.33. The Hall–Kier alpha value is -2.10. The predicted molar refractivity (Wildman–Crippen MR) is 49.9 cm³/mol. The average Bonchev–Trinajstić information content (AvgIpc) is 2.20. The second-order valence-corrected chi connectivity index (χ2v) is 3.02. The van der Waals surface area contributed by atoms with E-state index in [1.807, 2.05) is 0 Å². The molecule has 0 saturated heterocycles. The molecule has 0 aliphatic heterocycles. The van der Waals surface area contributed by atoms with Crippen molar-refractivity contribution in [1.82, 2.24) is 4.98 Å². The number of hydrogen-bond donors (Lipinski definition) is 0. The van der Waals surface area contributed by atoms with E-state index in [1.165, 1.54) is 6.92 Å². The number of hydrogen-bond acceptors (Lipinski definition) is 4. The molecule has 0 saturated carbocycles. The van der Waals surface area contributed by atoms with Crippen LogP contribution in [0.1, 0.15) is 23.2 Å². The maximum absolute atomic E-state index is 12.5. The van der Waals surface area contributed by atoms with Gasteiger partial charge in [0.2, 0.25) is 0 Å². The molecule has 0 N–H and O–H groups in total. The minimum atomic E-state index is -2.81. The SMILES string of the molecule is Cc1c(C(F)F)ncc([N+](=O)[O-])c1CC#N. The highest BCUT2D eigenvalue weighted by Gasteiger charge is 2.23. The monoisotopic (exact) mass is 227 g/mol. The van der Waals surface area contributed by atoms with Crippen molar-refractivity contribution < 1.29 is 13.7 Å². The summed E-state index contributed by atoms with van der Waals surface area (Å²) in [6.45, 7) is 1.30. The second kappa shape index (κ2) is 4.61. The topological polar surface area (TPSA) is 79.8 Å². The molecule has 0 aromatic carbocycles. The van der Waals surface area contributed by atoms with Crippen molar-refractivity contribution in [2.45, 2.75) is 19.8 Å². The van der Waals surface area contributed by atoms with E-state index in [-0.39, 0.29) is 17.5 Å². The van der Waals surface area contributed by atoms with Crippen LogP contribution in [0, 0.1) is 28.4 Å². The number of nitro groups is 1. The summed E-state index contributed by atoms with van der Waals surface area (Å²) in [7, 11) is 0. The lowest BCUT2D eigenvalue weighted by Crippen LogP contribution is -2.04. The zero-order chi connectivity index (χ0) is 12.3. The summed E-state index contributed by atoms with van der Waals surface area (Å²) in [5, 5.41) is 19.1. The molecule has 16 heavy (non-hydrogen) atoms. The second-order valence-electron chi connectivity index (χ2n) is 3.02. The van der Waals surface area contributed by atoms with Gasteiger partial charge in [0.25, 0.3) is 12.1 Å². The third kappa shape index (κ3) is 2.11.